The Bertz CT molecular complexity index is 1140. The van der Waals surface area contributed by atoms with Gasteiger partial charge in [0.15, 0.2) is 17.3 Å². The van der Waals surface area contributed by atoms with Crippen molar-refractivity contribution in [1.29, 1.82) is 0 Å². The summed E-state index contributed by atoms with van der Waals surface area (Å²) in [6, 6.07) is 9.46. The summed E-state index contributed by atoms with van der Waals surface area (Å²) in [4.78, 5) is 16.8. The van der Waals surface area contributed by atoms with Crippen LogP contribution in [0, 0.1) is 13.8 Å². The van der Waals surface area contributed by atoms with Crippen molar-refractivity contribution in [2.75, 3.05) is 0 Å². The second kappa shape index (κ2) is 7.22. The number of hydrogen-bond acceptors (Lipinski definition) is 6. The van der Waals surface area contributed by atoms with Crippen LogP contribution in [0.25, 0.3) is 17.1 Å². The zero-order valence-electron chi connectivity index (χ0n) is 15.9. The lowest BCUT2D eigenvalue weighted by Crippen LogP contribution is -2.24. The third kappa shape index (κ3) is 3.48. The molecule has 142 valence electrons. The van der Waals surface area contributed by atoms with E-state index in [9.17, 15) is 4.79 Å². The monoisotopic (exact) mass is 376 g/mol. The third-order valence-electron chi connectivity index (χ3n) is 4.40. The van der Waals surface area contributed by atoms with Crippen LogP contribution in [-0.2, 0) is 13.0 Å². The molecule has 28 heavy (non-hydrogen) atoms. The number of rotatable bonds is 5. The average Bonchev–Trinajstić information content (AvgIpc) is 3.31. The van der Waals surface area contributed by atoms with Crippen LogP contribution in [0.5, 0.6) is 0 Å². The van der Waals surface area contributed by atoms with Crippen molar-refractivity contribution in [2.45, 2.75) is 33.7 Å². The van der Waals surface area contributed by atoms with Gasteiger partial charge in [-0.15, -0.1) is 10.2 Å². The zero-order chi connectivity index (χ0) is 19.7. The lowest BCUT2D eigenvalue weighted by atomic mass is 10.1. The fourth-order valence-electron chi connectivity index (χ4n) is 3.08. The Morgan fingerprint density at radius 2 is 1.93 bits per heavy atom. The summed E-state index contributed by atoms with van der Waals surface area (Å²) < 4.78 is 7.09. The van der Waals surface area contributed by atoms with Gasteiger partial charge in [-0.1, -0.05) is 29.3 Å². The van der Waals surface area contributed by atoms with E-state index in [1.165, 1.54) is 0 Å². The van der Waals surface area contributed by atoms with E-state index < -0.39 is 0 Å². The first kappa shape index (κ1) is 17.8. The summed E-state index contributed by atoms with van der Waals surface area (Å²) in [5.41, 5.74) is 4.16. The van der Waals surface area contributed by atoms with Crippen molar-refractivity contribution >= 4 is 11.6 Å². The highest BCUT2D eigenvalue weighted by atomic mass is 16.5. The Morgan fingerprint density at radius 3 is 2.64 bits per heavy atom. The molecule has 1 N–H and O–H groups in total. The van der Waals surface area contributed by atoms with E-state index in [1.807, 2.05) is 61.7 Å². The summed E-state index contributed by atoms with van der Waals surface area (Å²) >= 11 is 0. The molecule has 0 aliphatic carbocycles. The van der Waals surface area contributed by atoms with Gasteiger partial charge in [0.25, 0.3) is 11.8 Å². The first-order valence-corrected chi connectivity index (χ1v) is 9.06. The van der Waals surface area contributed by atoms with Crippen LogP contribution >= 0.6 is 0 Å². The molecule has 0 unspecified atom stereocenters. The number of fused-ring (bicyclic) bond motifs is 1. The van der Waals surface area contributed by atoms with Crippen molar-refractivity contribution in [3.8, 4) is 11.5 Å². The number of nitrogens with zero attached hydrogens (tertiary/aromatic N) is 5. The summed E-state index contributed by atoms with van der Waals surface area (Å²) in [6.07, 6.45) is 2.54. The number of pyridine rings is 1. The van der Waals surface area contributed by atoms with Crippen LogP contribution in [0.1, 0.15) is 40.1 Å². The molecule has 0 spiro atoms. The first-order valence-electron chi connectivity index (χ1n) is 9.06. The standard InChI is InChI=1S/C20H20N6O2/c1-4-16-22-20(28-25-16)14-5-6-26-17(10-14)23-24-18(26)11-21-19(27)15-8-12(2)7-13(3)9-15/h5-10H,4,11H2,1-3H3,(H,21,27). The maximum absolute atomic E-state index is 12.5. The van der Waals surface area contributed by atoms with Crippen LogP contribution in [-0.4, -0.2) is 30.6 Å². The molecule has 3 aromatic heterocycles. The lowest BCUT2D eigenvalue weighted by molar-refractivity contribution is 0.0949. The van der Waals surface area contributed by atoms with Gasteiger partial charge in [0.05, 0.1) is 6.54 Å². The fourth-order valence-corrected chi connectivity index (χ4v) is 3.08. The molecular formula is C20H20N6O2. The van der Waals surface area contributed by atoms with E-state index in [1.54, 1.807) is 0 Å². The Morgan fingerprint density at radius 1 is 1.14 bits per heavy atom. The topological polar surface area (TPSA) is 98.2 Å². The Hall–Kier alpha value is -3.55. The molecule has 1 amide bonds. The van der Waals surface area contributed by atoms with E-state index in [0.717, 1.165) is 16.7 Å². The van der Waals surface area contributed by atoms with E-state index in [0.29, 0.717) is 35.2 Å². The molecule has 0 atom stereocenters. The van der Waals surface area contributed by atoms with E-state index in [-0.39, 0.29) is 12.5 Å². The number of carbonyl (C=O) groups excluding carboxylic acids is 1. The molecule has 0 saturated carbocycles. The maximum atomic E-state index is 12.5. The minimum Gasteiger partial charge on any atom is -0.345 e. The SMILES string of the molecule is CCc1noc(-c2ccn3c(CNC(=O)c4cc(C)cc(C)c4)nnc3c2)n1. The number of carbonyl (C=O) groups is 1. The number of hydrogen-bond donors (Lipinski definition) is 1. The molecule has 8 nitrogen and oxygen atoms in total. The van der Waals surface area contributed by atoms with Crippen molar-refractivity contribution in [1.82, 2.24) is 30.1 Å². The lowest BCUT2D eigenvalue weighted by Gasteiger charge is -2.06. The minimum atomic E-state index is -0.141. The smallest absolute Gasteiger partial charge is 0.258 e. The van der Waals surface area contributed by atoms with Gasteiger partial charge < -0.3 is 9.84 Å². The van der Waals surface area contributed by atoms with Gasteiger partial charge in [0.2, 0.25) is 0 Å². The Kier molecular flexibility index (Phi) is 4.60. The maximum Gasteiger partial charge on any atom is 0.258 e. The zero-order valence-corrected chi connectivity index (χ0v) is 15.9. The second-order valence-corrected chi connectivity index (χ2v) is 6.69. The Labute approximate surface area is 161 Å². The molecule has 8 heteroatoms. The molecule has 4 aromatic rings. The molecular weight excluding hydrogens is 356 g/mol. The number of amides is 1. The first-order chi connectivity index (χ1) is 13.5. The van der Waals surface area contributed by atoms with Crippen LogP contribution in [0.15, 0.2) is 41.1 Å². The molecule has 0 aliphatic rings. The van der Waals surface area contributed by atoms with Gasteiger partial charge >= 0.3 is 0 Å². The van der Waals surface area contributed by atoms with E-state index >= 15 is 0 Å². The number of aryl methyl sites for hydroxylation is 3. The predicted molar refractivity (Wildman–Crippen MR) is 103 cm³/mol. The van der Waals surface area contributed by atoms with Gasteiger partial charge in [0, 0.05) is 23.7 Å². The summed E-state index contributed by atoms with van der Waals surface area (Å²) in [7, 11) is 0. The molecule has 0 saturated heterocycles. The fraction of sp³-hybridized carbons (Fsp3) is 0.250. The molecule has 0 fully saturated rings. The predicted octanol–water partition coefficient (Wildman–Crippen LogP) is 2.89. The van der Waals surface area contributed by atoms with Crippen LogP contribution < -0.4 is 5.32 Å². The molecule has 3 heterocycles. The van der Waals surface area contributed by atoms with Gasteiger partial charge in [-0.05, 0) is 38.1 Å². The number of aromatic nitrogens is 5. The van der Waals surface area contributed by atoms with Gasteiger partial charge in [-0.3, -0.25) is 9.20 Å². The quantitative estimate of drug-likeness (QED) is 0.575. The number of benzene rings is 1. The molecule has 0 bridgehead atoms. The summed E-state index contributed by atoms with van der Waals surface area (Å²) in [5.74, 6) is 1.61. The van der Waals surface area contributed by atoms with Crippen molar-refractivity contribution in [2.24, 2.45) is 0 Å². The van der Waals surface area contributed by atoms with Crippen LogP contribution in [0.4, 0.5) is 0 Å². The highest BCUT2D eigenvalue weighted by Crippen LogP contribution is 2.19. The van der Waals surface area contributed by atoms with Crippen LogP contribution in [0.3, 0.4) is 0 Å². The normalized spacial score (nSPS) is 11.1. The van der Waals surface area contributed by atoms with E-state index in [2.05, 4.69) is 25.7 Å². The minimum absolute atomic E-state index is 0.141. The number of nitrogens with one attached hydrogen (secondary N) is 1. The van der Waals surface area contributed by atoms with Gasteiger partial charge in [0.1, 0.15) is 0 Å². The van der Waals surface area contributed by atoms with Crippen molar-refractivity contribution < 1.29 is 9.32 Å². The summed E-state index contributed by atoms with van der Waals surface area (Å²) in [5, 5.41) is 15.2. The average molecular weight is 376 g/mol. The van der Waals surface area contributed by atoms with Gasteiger partial charge in [-0.25, -0.2) is 0 Å². The summed E-state index contributed by atoms with van der Waals surface area (Å²) in [6.45, 7) is 6.18. The largest absolute Gasteiger partial charge is 0.345 e. The Balaban J connectivity index is 1.52. The molecule has 0 radical (unpaired) electrons. The van der Waals surface area contributed by atoms with Crippen molar-refractivity contribution in [3.63, 3.8) is 0 Å². The second-order valence-electron chi connectivity index (χ2n) is 6.69. The van der Waals surface area contributed by atoms with Crippen LogP contribution in [0.2, 0.25) is 0 Å². The molecule has 4 rings (SSSR count). The molecule has 0 aliphatic heterocycles. The molecule has 1 aromatic carbocycles. The highest BCUT2D eigenvalue weighted by molar-refractivity contribution is 5.94. The highest BCUT2D eigenvalue weighted by Gasteiger charge is 2.13. The van der Waals surface area contributed by atoms with Gasteiger partial charge in [-0.2, -0.15) is 4.98 Å². The third-order valence-corrected chi connectivity index (χ3v) is 4.40. The van der Waals surface area contributed by atoms with E-state index in [4.69, 9.17) is 4.52 Å². The van der Waals surface area contributed by atoms with Crippen molar-refractivity contribution in [3.05, 3.63) is 64.9 Å².